The van der Waals surface area contributed by atoms with Gasteiger partial charge in [0, 0.05) is 23.6 Å². The molecule has 0 radical (unpaired) electrons. The Morgan fingerprint density at radius 3 is 2.57 bits per heavy atom. The first-order valence-electron chi connectivity index (χ1n) is 9.38. The lowest BCUT2D eigenvalue weighted by atomic mass is 10.0. The van der Waals surface area contributed by atoms with Gasteiger partial charge in [-0.15, -0.1) is 0 Å². The molecule has 7 nitrogen and oxygen atoms in total. The van der Waals surface area contributed by atoms with Gasteiger partial charge in [-0.3, -0.25) is 9.89 Å². The smallest absolute Gasteiger partial charge is 0.268 e. The van der Waals surface area contributed by atoms with Crippen molar-refractivity contribution in [2.45, 2.75) is 31.3 Å². The van der Waals surface area contributed by atoms with Crippen LogP contribution in [0.3, 0.4) is 0 Å². The summed E-state index contributed by atoms with van der Waals surface area (Å²) in [6.45, 7) is 0. The molecule has 0 spiro atoms. The number of amides is 1. The van der Waals surface area contributed by atoms with E-state index in [0.717, 1.165) is 22.7 Å². The van der Waals surface area contributed by atoms with Crippen LogP contribution in [0.1, 0.15) is 36.6 Å². The van der Waals surface area contributed by atoms with Crippen LogP contribution >= 0.6 is 0 Å². The van der Waals surface area contributed by atoms with E-state index in [9.17, 15) is 4.79 Å². The molecule has 7 heteroatoms. The third-order valence-electron chi connectivity index (χ3n) is 4.95. The van der Waals surface area contributed by atoms with Crippen molar-refractivity contribution in [3.8, 4) is 11.4 Å². The monoisotopic (exact) mass is 373 g/mol. The Bertz CT molecular complexity index is 1020. The molecule has 2 aromatic carbocycles. The predicted octanol–water partition coefficient (Wildman–Crippen LogP) is 3.48. The first-order valence-corrected chi connectivity index (χ1v) is 9.38. The van der Waals surface area contributed by atoms with E-state index in [1.807, 2.05) is 54.6 Å². The van der Waals surface area contributed by atoms with Crippen molar-refractivity contribution in [1.82, 2.24) is 15.2 Å². The summed E-state index contributed by atoms with van der Waals surface area (Å²) in [4.78, 5) is 22.4. The molecule has 1 aromatic heterocycles. The van der Waals surface area contributed by atoms with Gasteiger partial charge < -0.3 is 10.2 Å². The Balaban J connectivity index is 1.21. The molecular weight excluding hydrogens is 354 g/mol. The highest BCUT2D eigenvalue weighted by atomic mass is 16.6. The van der Waals surface area contributed by atoms with Crippen molar-refractivity contribution in [2.75, 3.05) is 5.32 Å². The van der Waals surface area contributed by atoms with Crippen molar-refractivity contribution in [2.24, 2.45) is 5.16 Å². The molecule has 2 N–H and O–H groups in total. The van der Waals surface area contributed by atoms with Crippen LogP contribution in [0.2, 0.25) is 0 Å². The van der Waals surface area contributed by atoms with Crippen LogP contribution in [-0.4, -0.2) is 32.9 Å². The second-order valence-electron chi connectivity index (χ2n) is 7.09. The Morgan fingerprint density at radius 1 is 1.04 bits per heavy atom. The van der Waals surface area contributed by atoms with Crippen molar-refractivity contribution in [1.29, 1.82) is 0 Å². The van der Waals surface area contributed by atoms with Gasteiger partial charge in [0.1, 0.15) is 5.82 Å². The summed E-state index contributed by atoms with van der Waals surface area (Å²) in [6.07, 6.45) is 2.19. The first kappa shape index (κ1) is 16.7. The summed E-state index contributed by atoms with van der Waals surface area (Å²) in [5.41, 5.74) is 3.36. The molecule has 2 heterocycles. The van der Waals surface area contributed by atoms with E-state index < -0.39 is 6.10 Å². The SMILES string of the molecule is O=C(Nc1ccc(-c2n[nH]c(C3CC3)n2)cc1)[C@H]1CC(c2ccccc2)=NO1. The molecule has 1 atom stereocenters. The van der Waals surface area contributed by atoms with Gasteiger partial charge in [-0.05, 0) is 42.7 Å². The predicted molar refractivity (Wildman–Crippen MR) is 105 cm³/mol. The Hall–Kier alpha value is -3.48. The second kappa shape index (κ2) is 6.92. The fraction of sp³-hybridized carbons (Fsp3) is 0.238. The third-order valence-corrected chi connectivity index (χ3v) is 4.95. The fourth-order valence-corrected chi connectivity index (χ4v) is 3.19. The van der Waals surface area contributed by atoms with E-state index in [2.05, 4.69) is 25.7 Å². The zero-order valence-corrected chi connectivity index (χ0v) is 15.1. The zero-order valence-electron chi connectivity index (χ0n) is 15.1. The number of hydrogen-bond acceptors (Lipinski definition) is 5. The largest absolute Gasteiger partial charge is 0.382 e. The van der Waals surface area contributed by atoms with Crippen LogP contribution < -0.4 is 5.32 Å². The van der Waals surface area contributed by atoms with Crippen molar-refractivity contribution < 1.29 is 9.63 Å². The normalized spacial score (nSPS) is 18.4. The van der Waals surface area contributed by atoms with E-state index in [1.54, 1.807) is 0 Å². The highest BCUT2D eigenvalue weighted by Gasteiger charge is 2.29. The van der Waals surface area contributed by atoms with Gasteiger partial charge in [0.2, 0.25) is 6.10 Å². The first-order chi connectivity index (χ1) is 13.8. The Labute approximate surface area is 161 Å². The maximum atomic E-state index is 12.5. The molecule has 28 heavy (non-hydrogen) atoms. The lowest BCUT2D eigenvalue weighted by molar-refractivity contribution is -0.125. The van der Waals surface area contributed by atoms with Crippen LogP contribution in [0, 0.1) is 0 Å². The highest BCUT2D eigenvalue weighted by molar-refractivity contribution is 6.06. The minimum absolute atomic E-state index is 0.212. The average molecular weight is 373 g/mol. The van der Waals surface area contributed by atoms with Gasteiger partial charge in [-0.25, -0.2) is 4.98 Å². The molecule has 5 rings (SSSR count). The third kappa shape index (κ3) is 3.38. The molecule has 0 bridgehead atoms. The zero-order chi connectivity index (χ0) is 18.9. The van der Waals surface area contributed by atoms with E-state index in [0.29, 0.717) is 23.9 Å². The number of H-pyrrole nitrogens is 1. The number of rotatable bonds is 5. The summed E-state index contributed by atoms with van der Waals surface area (Å²) in [7, 11) is 0. The highest BCUT2D eigenvalue weighted by Crippen LogP contribution is 2.38. The van der Waals surface area contributed by atoms with Crippen LogP contribution in [0.4, 0.5) is 5.69 Å². The summed E-state index contributed by atoms with van der Waals surface area (Å²) in [5, 5.41) is 14.2. The Morgan fingerprint density at radius 2 is 1.82 bits per heavy atom. The van der Waals surface area contributed by atoms with Gasteiger partial charge in [0.25, 0.3) is 5.91 Å². The number of carbonyl (C=O) groups is 1. The number of nitrogens with zero attached hydrogens (tertiary/aromatic N) is 3. The number of aromatic amines is 1. The number of carbonyl (C=O) groups excluding carboxylic acids is 1. The second-order valence-corrected chi connectivity index (χ2v) is 7.09. The van der Waals surface area contributed by atoms with Gasteiger partial charge in [0.15, 0.2) is 5.82 Å². The van der Waals surface area contributed by atoms with Crippen molar-refractivity contribution >= 4 is 17.3 Å². The average Bonchev–Trinajstić information content (AvgIpc) is 3.27. The van der Waals surface area contributed by atoms with Gasteiger partial charge >= 0.3 is 0 Å². The van der Waals surface area contributed by atoms with Crippen LogP contribution in [0.25, 0.3) is 11.4 Å². The minimum atomic E-state index is -0.621. The van der Waals surface area contributed by atoms with Crippen LogP contribution in [-0.2, 0) is 9.63 Å². The Kier molecular flexibility index (Phi) is 4.12. The molecule has 1 fully saturated rings. The van der Waals surface area contributed by atoms with Crippen molar-refractivity contribution in [3.63, 3.8) is 0 Å². The summed E-state index contributed by atoms with van der Waals surface area (Å²) >= 11 is 0. The molecule has 0 saturated heterocycles. The van der Waals surface area contributed by atoms with Crippen LogP contribution in [0.15, 0.2) is 59.8 Å². The number of benzene rings is 2. The quantitative estimate of drug-likeness (QED) is 0.716. The number of oxime groups is 1. The number of nitrogens with one attached hydrogen (secondary N) is 2. The summed E-state index contributed by atoms with van der Waals surface area (Å²) in [5.74, 6) is 1.96. The number of hydrogen-bond donors (Lipinski definition) is 2. The standard InChI is InChI=1S/C21H19N5O2/c27-21(18-12-17(26-28-18)13-4-2-1-3-5-13)22-16-10-8-15(9-11-16)20-23-19(24-25-20)14-6-7-14/h1-5,8-11,14,18H,6-7,12H2,(H,22,27)(H,23,24,25)/t18-/m1/s1. The van der Waals surface area contributed by atoms with E-state index in [-0.39, 0.29) is 5.91 Å². The topological polar surface area (TPSA) is 92.3 Å². The van der Waals surface area contributed by atoms with Gasteiger partial charge in [0.05, 0.1) is 5.71 Å². The molecule has 0 unspecified atom stereocenters. The molecule has 2 aliphatic rings. The molecular formula is C21H19N5O2. The summed E-state index contributed by atoms with van der Waals surface area (Å²) in [6, 6.07) is 17.2. The summed E-state index contributed by atoms with van der Waals surface area (Å²) < 4.78 is 0. The fourth-order valence-electron chi connectivity index (χ4n) is 3.19. The molecule has 1 amide bonds. The number of anilines is 1. The molecule has 140 valence electrons. The van der Waals surface area contributed by atoms with Crippen molar-refractivity contribution in [3.05, 3.63) is 66.0 Å². The van der Waals surface area contributed by atoms with Gasteiger partial charge in [-0.1, -0.05) is 35.5 Å². The van der Waals surface area contributed by atoms with Crippen LogP contribution in [0.5, 0.6) is 0 Å². The van der Waals surface area contributed by atoms with E-state index in [4.69, 9.17) is 4.84 Å². The lowest BCUT2D eigenvalue weighted by Gasteiger charge is -2.09. The van der Waals surface area contributed by atoms with E-state index >= 15 is 0 Å². The van der Waals surface area contributed by atoms with Gasteiger partial charge in [-0.2, -0.15) is 5.10 Å². The van der Waals surface area contributed by atoms with E-state index in [1.165, 1.54) is 12.8 Å². The lowest BCUT2D eigenvalue weighted by Crippen LogP contribution is -2.28. The molecule has 3 aromatic rings. The molecule has 1 aliphatic heterocycles. The maximum absolute atomic E-state index is 12.5. The maximum Gasteiger partial charge on any atom is 0.268 e. The molecule has 1 aliphatic carbocycles. The minimum Gasteiger partial charge on any atom is -0.382 e. The number of aromatic nitrogens is 3. The molecule has 1 saturated carbocycles.